The second-order valence-electron chi connectivity index (χ2n) is 6.76. The molecule has 0 aromatic heterocycles. The van der Waals surface area contributed by atoms with E-state index in [0.717, 1.165) is 19.3 Å². The van der Waals surface area contributed by atoms with Crippen LogP contribution >= 0.6 is 0 Å². The van der Waals surface area contributed by atoms with Gasteiger partial charge in [0, 0.05) is 25.6 Å². The molecule has 0 fully saturated rings. The minimum absolute atomic E-state index is 0.00550. The molecule has 5 nitrogen and oxygen atoms in total. The Labute approximate surface area is 136 Å². The van der Waals surface area contributed by atoms with E-state index in [0.29, 0.717) is 37.9 Å². The minimum Gasteiger partial charge on any atom is -0.355 e. The number of amides is 2. The van der Waals surface area contributed by atoms with Gasteiger partial charge in [-0.15, -0.1) is 0 Å². The molecule has 22 heavy (non-hydrogen) atoms. The fraction of sp³-hybridized carbons (Fsp3) is 0.882. The Morgan fingerprint density at radius 3 is 2.23 bits per heavy atom. The average molecular weight is 313 g/mol. The summed E-state index contributed by atoms with van der Waals surface area (Å²) in [5.74, 6) is 1.26. The first-order valence-electron chi connectivity index (χ1n) is 8.61. The number of nitrogens with one attached hydrogen (secondary N) is 3. The SMILES string of the molecule is CCNC(=O)CNCC(CC(C)C)NC(=O)CCCC(C)C. The molecular weight excluding hydrogens is 278 g/mol. The summed E-state index contributed by atoms with van der Waals surface area (Å²) in [6.07, 6.45) is 3.52. The van der Waals surface area contributed by atoms with Crippen LogP contribution in [-0.2, 0) is 9.59 Å². The van der Waals surface area contributed by atoms with Crippen molar-refractivity contribution in [2.45, 2.75) is 66.3 Å². The van der Waals surface area contributed by atoms with E-state index in [1.54, 1.807) is 0 Å². The molecule has 0 aliphatic carbocycles. The zero-order chi connectivity index (χ0) is 17.0. The second kappa shape index (κ2) is 12.4. The van der Waals surface area contributed by atoms with Crippen molar-refractivity contribution in [1.29, 1.82) is 0 Å². The molecule has 0 spiro atoms. The molecule has 1 unspecified atom stereocenters. The van der Waals surface area contributed by atoms with Crippen molar-refractivity contribution in [3.63, 3.8) is 0 Å². The lowest BCUT2D eigenvalue weighted by Crippen LogP contribution is -2.45. The first-order chi connectivity index (χ1) is 10.3. The maximum Gasteiger partial charge on any atom is 0.233 e. The van der Waals surface area contributed by atoms with Crippen molar-refractivity contribution in [3.05, 3.63) is 0 Å². The number of hydrogen-bond acceptors (Lipinski definition) is 3. The number of carbonyl (C=O) groups excluding carboxylic acids is 2. The lowest BCUT2D eigenvalue weighted by Gasteiger charge is -2.21. The van der Waals surface area contributed by atoms with Gasteiger partial charge in [-0.2, -0.15) is 0 Å². The van der Waals surface area contributed by atoms with Crippen LogP contribution in [0.15, 0.2) is 0 Å². The number of carbonyl (C=O) groups is 2. The summed E-state index contributed by atoms with van der Waals surface area (Å²) in [7, 11) is 0. The summed E-state index contributed by atoms with van der Waals surface area (Å²) < 4.78 is 0. The molecule has 0 heterocycles. The molecule has 0 aliphatic rings. The topological polar surface area (TPSA) is 70.2 Å². The van der Waals surface area contributed by atoms with Crippen molar-refractivity contribution in [2.75, 3.05) is 19.6 Å². The van der Waals surface area contributed by atoms with E-state index >= 15 is 0 Å². The van der Waals surface area contributed by atoms with Gasteiger partial charge in [0.2, 0.25) is 11.8 Å². The van der Waals surface area contributed by atoms with Crippen LogP contribution in [0.5, 0.6) is 0 Å². The third-order valence-electron chi connectivity index (χ3n) is 3.36. The van der Waals surface area contributed by atoms with Crippen LogP contribution in [0.2, 0.25) is 0 Å². The Kier molecular flexibility index (Phi) is 11.8. The van der Waals surface area contributed by atoms with E-state index in [1.807, 2.05) is 6.92 Å². The third-order valence-corrected chi connectivity index (χ3v) is 3.36. The van der Waals surface area contributed by atoms with Crippen LogP contribution < -0.4 is 16.0 Å². The molecule has 2 amide bonds. The van der Waals surface area contributed by atoms with Crippen LogP contribution in [-0.4, -0.2) is 37.5 Å². The Morgan fingerprint density at radius 1 is 1.00 bits per heavy atom. The van der Waals surface area contributed by atoms with Crippen LogP contribution in [0.1, 0.15) is 60.3 Å². The molecule has 0 aliphatic heterocycles. The lowest BCUT2D eigenvalue weighted by molar-refractivity contribution is -0.122. The van der Waals surface area contributed by atoms with Crippen LogP contribution in [0, 0.1) is 11.8 Å². The van der Waals surface area contributed by atoms with E-state index in [9.17, 15) is 9.59 Å². The van der Waals surface area contributed by atoms with Crippen molar-refractivity contribution in [3.8, 4) is 0 Å². The van der Waals surface area contributed by atoms with Crippen LogP contribution in [0.25, 0.3) is 0 Å². The van der Waals surface area contributed by atoms with Crippen molar-refractivity contribution >= 4 is 11.8 Å². The van der Waals surface area contributed by atoms with E-state index in [4.69, 9.17) is 0 Å². The average Bonchev–Trinajstić information content (AvgIpc) is 2.37. The van der Waals surface area contributed by atoms with Crippen molar-refractivity contribution in [2.24, 2.45) is 11.8 Å². The van der Waals surface area contributed by atoms with Crippen molar-refractivity contribution in [1.82, 2.24) is 16.0 Å². The molecule has 0 saturated carbocycles. The minimum atomic E-state index is -0.00550. The molecule has 1 atom stereocenters. The van der Waals surface area contributed by atoms with Crippen LogP contribution in [0.3, 0.4) is 0 Å². The first kappa shape index (κ1) is 20.9. The largest absolute Gasteiger partial charge is 0.355 e. The molecule has 3 N–H and O–H groups in total. The monoisotopic (exact) mass is 313 g/mol. The molecular formula is C17H35N3O2. The molecule has 0 radical (unpaired) electrons. The zero-order valence-electron chi connectivity index (χ0n) is 15.0. The molecule has 5 heteroatoms. The van der Waals surface area contributed by atoms with Gasteiger partial charge in [0.15, 0.2) is 0 Å². The summed E-state index contributed by atoms with van der Waals surface area (Å²) >= 11 is 0. The lowest BCUT2D eigenvalue weighted by atomic mass is 10.0. The van der Waals surface area contributed by atoms with Gasteiger partial charge in [-0.05, 0) is 31.6 Å². The quantitative estimate of drug-likeness (QED) is 0.516. The van der Waals surface area contributed by atoms with Gasteiger partial charge in [-0.25, -0.2) is 0 Å². The van der Waals surface area contributed by atoms with E-state index in [-0.39, 0.29) is 17.9 Å². The van der Waals surface area contributed by atoms with Gasteiger partial charge in [0.25, 0.3) is 0 Å². The van der Waals surface area contributed by atoms with Crippen molar-refractivity contribution < 1.29 is 9.59 Å². The third kappa shape index (κ3) is 12.6. The van der Waals surface area contributed by atoms with E-state index < -0.39 is 0 Å². The van der Waals surface area contributed by atoms with E-state index in [1.165, 1.54) is 0 Å². The Morgan fingerprint density at radius 2 is 1.68 bits per heavy atom. The molecule has 130 valence electrons. The fourth-order valence-electron chi connectivity index (χ4n) is 2.35. The Balaban J connectivity index is 4.10. The molecule has 0 saturated heterocycles. The number of hydrogen-bond donors (Lipinski definition) is 3. The second-order valence-corrected chi connectivity index (χ2v) is 6.76. The van der Waals surface area contributed by atoms with Crippen LogP contribution in [0.4, 0.5) is 0 Å². The number of likely N-dealkylation sites (N-methyl/N-ethyl adjacent to an activating group) is 1. The highest BCUT2D eigenvalue weighted by molar-refractivity contribution is 5.78. The highest BCUT2D eigenvalue weighted by Crippen LogP contribution is 2.08. The maximum absolute atomic E-state index is 12.0. The van der Waals surface area contributed by atoms with Gasteiger partial charge in [-0.3, -0.25) is 9.59 Å². The van der Waals surface area contributed by atoms with E-state index in [2.05, 4.69) is 43.6 Å². The molecule has 0 bridgehead atoms. The summed E-state index contributed by atoms with van der Waals surface area (Å²) in [5, 5.41) is 8.97. The Hall–Kier alpha value is -1.10. The molecule has 0 aromatic carbocycles. The fourth-order valence-corrected chi connectivity index (χ4v) is 2.35. The summed E-state index contributed by atoms with van der Waals surface area (Å²) in [6, 6.07) is 0.0842. The molecule has 0 aromatic rings. The van der Waals surface area contributed by atoms with Gasteiger partial charge < -0.3 is 16.0 Å². The Bertz CT molecular complexity index is 317. The first-order valence-corrected chi connectivity index (χ1v) is 8.61. The normalized spacial score (nSPS) is 12.5. The summed E-state index contributed by atoms with van der Waals surface area (Å²) in [5.41, 5.74) is 0. The highest BCUT2D eigenvalue weighted by Gasteiger charge is 2.14. The number of rotatable bonds is 12. The summed E-state index contributed by atoms with van der Waals surface area (Å²) in [4.78, 5) is 23.4. The summed E-state index contributed by atoms with van der Waals surface area (Å²) in [6.45, 7) is 12.1. The predicted molar refractivity (Wildman–Crippen MR) is 91.6 cm³/mol. The zero-order valence-corrected chi connectivity index (χ0v) is 15.0. The van der Waals surface area contributed by atoms with Gasteiger partial charge in [0.05, 0.1) is 6.54 Å². The van der Waals surface area contributed by atoms with Gasteiger partial charge in [-0.1, -0.05) is 34.1 Å². The van der Waals surface area contributed by atoms with Gasteiger partial charge in [0.1, 0.15) is 0 Å². The smallest absolute Gasteiger partial charge is 0.233 e. The maximum atomic E-state index is 12.0. The standard InChI is InChI=1S/C17H35N3O2/c1-6-19-17(22)12-18-11-15(10-14(4)5)20-16(21)9-7-8-13(2)3/h13-15,18H,6-12H2,1-5H3,(H,19,22)(H,20,21). The van der Waals surface area contributed by atoms with Gasteiger partial charge >= 0.3 is 0 Å². The predicted octanol–water partition coefficient (Wildman–Crippen LogP) is 2.07. The highest BCUT2D eigenvalue weighted by atomic mass is 16.2. The molecule has 0 rings (SSSR count).